The van der Waals surface area contributed by atoms with Gasteiger partial charge in [0.25, 0.3) is 0 Å². The molecule has 0 aromatic carbocycles. The number of hydrogen-bond donors (Lipinski definition) is 0. The molecule has 17 heavy (non-hydrogen) atoms. The van der Waals surface area contributed by atoms with Crippen molar-refractivity contribution in [1.29, 1.82) is 0 Å². The molecular formula is C11H9FKN3O. The fourth-order valence-corrected chi connectivity index (χ4v) is 1.34. The van der Waals surface area contributed by atoms with Crippen LogP contribution in [0.4, 0.5) is 10.1 Å². The number of halogens is 1. The number of rotatable bonds is 2. The Morgan fingerprint density at radius 3 is 2.71 bits per heavy atom. The largest absolute Gasteiger partial charge is 1.00 e. The first-order valence-corrected chi connectivity index (χ1v) is 4.66. The third kappa shape index (κ3) is 3.23. The smallest absolute Gasteiger partial charge is 0.682 e. The Labute approximate surface area is 140 Å². The van der Waals surface area contributed by atoms with Crippen LogP contribution >= 0.6 is 0 Å². The first-order chi connectivity index (χ1) is 7.72. The van der Waals surface area contributed by atoms with Crippen molar-refractivity contribution in [2.24, 2.45) is 0 Å². The van der Waals surface area contributed by atoms with Crippen molar-refractivity contribution >= 4 is 5.69 Å². The van der Waals surface area contributed by atoms with Gasteiger partial charge < -0.3 is 5.32 Å². The van der Waals surface area contributed by atoms with Gasteiger partial charge in [-0.2, -0.15) is 0 Å². The van der Waals surface area contributed by atoms with Gasteiger partial charge in [0.05, 0.1) is 6.20 Å². The fraction of sp³-hybridized carbons (Fsp3) is 0.0909. The molecule has 0 spiro atoms. The van der Waals surface area contributed by atoms with E-state index in [2.05, 4.69) is 10.3 Å². The van der Waals surface area contributed by atoms with Crippen molar-refractivity contribution in [3.8, 4) is 5.82 Å². The summed E-state index contributed by atoms with van der Waals surface area (Å²) in [6.07, 6.45) is 2.63. The molecule has 4 nitrogen and oxygen atoms in total. The summed E-state index contributed by atoms with van der Waals surface area (Å²) in [5.74, 6) is -0.0648. The normalized spacial score (nSPS) is 9.53. The monoisotopic (exact) mass is 257 g/mol. The summed E-state index contributed by atoms with van der Waals surface area (Å²) in [7, 11) is 1.54. The first-order valence-electron chi connectivity index (χ1n) is 4.66. The van der Waals surface area contributed by atoms with Gasteiger partial charge >= 0.3 is 51.4 Å². The molecule has 0 fully saturated rings. The van der Waals surface area contributed by atoms with Gasteiger partial charge in [-0.15, -0.1) is 7.05 Å². The van der Waals surface area contributed by atoms with E-state index in [1.54, 1.807) is 25.4 Å². The third-order valence-corrected chi connectivity index (χ3v) is 2.13. The molecule has 0 unspecified atom stereocenters. The van der Waals surface area contributed by atoms with E-state index in [1.165, 1.54) is 16.7 Å². The van der Waals surface area contributed by atoms with E-state index in [0.717, 1.165) is 6.20 Å². The van der Waals surface area contributed by atoms with Crippen LogP contribution in [0.2, 0.25) is 0 Å². The van der Waals surface area contributed by atoms with Crippen molar-refractivity contribution < 1.29 is 55.8 Å². The molecule has 0 amide bonds. The van der Waals surface area contributed by atoms with Gasteiger partial charge in [0.2, 0.25) is 5.56 Å². The third-order valence-electron chi connectivity index (χ3n) is 2.13. The molecule has 0 bridgehead atoms. The summed E-state index contributed by atoms with van der Waals surface area (Å²) >= 11 is 0. The molecule has 0 N–H and O–H groups in total. The molecule has 0 atom stereocenters. The minimum absolute atomic E-state index is 0. The summed E-state index contributed by atoms with van der Waals surface area (Å²) in [4.78, 5) is 15.7. The molecule has 82 valence electrons. The molecule has 0 radical (unpaired) electrons. The predicted octanol–water partition coefficient (Wildman–Crippen LogP) is -0.989. The number of aromatic nitrogens is 2. The zero-order valence-electron chi connectivity index (χ0n) is 9.59. The molecule has 2 aromatic heterocycles. The van der Waals surface area contributed by atoms with E-state index in [1.807, 2.05) is 0 Å². The topological polar surface area (TPSA) is 49.0 Å². The predicted molar refractivity (Wildman–Crippen MR) is 58.7 cm³/mol. The average molecular weight is 257 g/mol. The average Bonchev–Trinajstić information content (AvgIpc) is 2.31. The Hall–Kier alpha value is -0.534. The number of nitrogens with zero attached hydrogens (tertiary/aromatic N) is 3. The van der Waals surface area contributed by atoms with Crippen LogP contribution in [-0.4, -0.2) is 16.6 Å². The van der Waals surface area contributed by atoms with Crippen LogP contribution in [0.5, 0.6) is 0 Å². The van der Waals surface area contributed by atoms with Gasteiger partial charge in [0.15, 0.2) is 0 Å². The zero-order chi connectivity index (χ0) is 11.5. The molecule has 2 heterocycles. The second-order valence-corrected chi connectivity index (χ2v) is 3.13. The van der Waals surface area contributed by atoms with E-state index in [4.69, 9.17) is 0 Å². The number of pyridine rings is 2. The Bertz CT molecular complexity index is 553. The van der Waals surface area contributed by atoms with Gasteiger partial charge in [-0.3, -0.25) is 9.36 Å². The Balaban J connectivity index is 0.00000144. The summed E-state index contributed by atoms with van der Waals surface area (Å²) in [5.41, 5.74) is 0.0673. The van der Waals surface area contributed by atoms with Crippen LogP contribution in [0.15, 0.2) is 41.5 Å². The van der Waals surface area contributed by atoms with Crippen molar-refractivity contribution in [2.75, 3.05) is 7.05 Å². The van der Waals surface area contributed by atoms with Crippen molar-refractivity contribution in [3.05, 3.63) is 58.1 Å². The van der Waals surface area contributed by atoms with Crippen LogP contribution < -0.4 is 56.9 Å². The summed E-state index contributed by atoms with van der Waals surface area (Å²) in [6, 6.07) is 6.00. The summed E-state index contributed by atoms with van der Waals surface area (Å²) in [6.45, 7) is 0. The van der Waals surface area contributed by atoms with Gasteiger partial charge in [0, 0.05) is 6.20 Å². The fourth-order valence-electron chi connectivity index (χ4n) is 1.34. The Morgan fingerprint density at radius 2 is 2.12 bits per heavy atom. The van der Waals surface area contributed by atoms with Crippen LogP contribution in [0.3, 0.4) is 0 Å². The molecule has 0 aliphatic carbocycles. The maximum Gasteiger partial charge on any atom is 1.00 e. The molecule has 0 aliphatic heterocycles. The van der Waals surface area contributed by atoms with E-state index in [9.17, 15) is 9.18 Å². The minimum atomic E-state index is -0.437. The molecule has 2 aromatic rings. The number of hydrogen-bond acceptors (Lipinski definition) is 2. The van der Waals surface area contributed by atoms with E-state index >= 15 is 0 Å². The first kappa shape index (κ1) is 14.5. The van der Waals surface area contributed by atoms with Crippen molar-refractivity contribution in [1.82, 2.24) is 9.55 Å². The molecular weight excluding hydrogens is 248 g/mol. The molecule has 0 saturated carbocycles. The standard InChI is InChI=1S/C11H9FN3O.K/c1-13-9-3-2-6-15(11(9)16)10-5-4-8(12)7-14-10;/h2-7H,1H3;/q-1;+1. The Kier molecular flexibility index (Phi) is 5.48. The van der Waals surface area contributed by atoms with Gasteiger partial charge in [-0.25, -0.2) is 9.37 Å². The van der Waals surface area contributed by atoms with Crippen molar-refractivity contribution in [2.45, 2.75) is 0 Å². The SMILES string of the molecule is C[N-]c1cccn(-c2ccc(F)cn2)c1=O.[K+]. The maximum atomic E-state index is 12.7. The summed E-state index contributed by atoms with van der Waals surface area (Å²) in [5, 5.41) is 3.84. The minimum Gasteiger partial charge on any atom is -0.682 e. The molecule has 0 aliphatic rings. The molecule has 6 heteroatoms. The quantitative estimate of drug-likeness (QED) is 0.649. The second-order valence-electron chi connectivity index (χ2n) is 3.13. The summed E-state index contributed by atoms with van der Waals surface area (Å²) < 4.78 is 14.0. The van der Waals surface area contributed by atoms with Crippen LogP contribution in [0.25, 0.3) is 11.1 Å². The molecule has 0 saturated heterocycles. The van der Waals surface area contributed by atoms with Crippen LogP contribution in [0.1, 0.15) is 0 Å². The maximum absolute atomic E-state index is 12.7. The van der Waals surface area contributed by atoms with E-state index < -0.39 is 5.82 Å². The van der Waals surface area contributed by atoms with Gasteiger partial charge in [0.1, 0.15) is 11.6 Å². The second kappa shape index (κ2) is 6.41. The Morgan fingerprint density at radius 1 is 1.35 bits per heavy atom. The van der Waals surface area contributed by atoms with Crippen molar-refractivity contribution in [3.63, 3.8) is 0 Å². The molecule has 2 rings (SSSR count). The van der Waals surface area contributed by atoms with Gasteiger partial charge in [-0.1, -0.05) is 11.8 Å². The van der Waals surface area contributed by atoms with E-state index in [-0.39, 0.29) is 56.9 Å². The van der Waals surface area contributed by atoms with E-state index in [0.29, 0.717) is 11.5 Å². The zero-order valence-corrected chi connectivity index (χ0v) is 12.7. The van der Waals surface area contributed by atoms with Crippen LogP contribution in [-0.2, 0) is 0 Å². The van der Waals surface area contributed by atoms with Crippen LogP contribution in [0, 0.1) is 5.82 Å². The van der Waals surface area contributed by atoms with Gasteiger partial charge in [-0.05, 0) is 18.2 Å².